The molecule has 0 saturated carbocycles. The second-order valence-corrected chi connectivity index (χ2v) is 10.1. The van der Waals surface area contributed by atoms with Gasteiger partial charge in [0.25, 0.3) is 0 Å². The van der Waals surface area contributed by atoms with Gasteiger partial charge in [-0.25, -0.2) is 9.67 Å². The molecule has 0 aliphatic carbocycles. The van der Waals surface area contributed by atoms with Crippen LogP contribution in [0, 0.1) is 6.92 Å². The summed E-state index contributed by atoms with van der Waals surface area (Å²) in [7, 11) is 1.87. The topological polar surface area (TPSA) is 102 Å². The van der Waals surface area contributed by atoms with Crippen molar-refractivity contribution in [1.82, 2.24) is 20.0 Å². The zero-order chi connectivity index (χ0) is 29.0. The molecule has 0 amide bonds. The molecule has 5 rings (SSSR count). The SMILES string of the molecule is C=O.C=O.CNc1ccc(Cl)cc1-n1nnc2c(N3CCOCC3)nccc21.Cc1ccc(C(C)(C)C)cc1. The molecule has 0 bridgehead atoms. The maximum atomic E-state index is 8.00. The summed E-state index contributed by atoms with van der Waals surface area (Å²) in [5, 5.41) is 12.5. The molecule has 3 heterocycles. The highest BCUT2D eigenvalue weighted by atomic mass is 35.5. The van der Waals surface area contributed by atoms with Gasteiger partial charge in [0.15, 0.2) is 11.3 Å². The van der Waals surface area contributed by atoms with E-state index in [4.69, 9.17) is 25.9 Å². The molecule has 1 aliphatic heterocycles. The van der Waals surface area contributed by atoms with Crippen molar-refractivity contribution in [2.45, 2.75) is 33.1 Å². The quantitative estimate of drug-likeness (QED) is 0.367. The zero-order valence-corrected chi connectivity index (χ0v) is 24.0. The van der Waals surface area contributed by atoms with Crippen molar-refractivity contribution in [3.63, 3.8) is 0 Å². The number of aromatic nitrogens is 4. The predicted octanol–water partition coefficient (Wildman–Crippen LogP) is 5.27. The Morgan fingerprint density at radius 3 is 2.21 bits per heavy atom. The smallest absolute Gasteiger partial charge is 0.158 e. The number of nitrogens with zero attached hydrogens (tertiary/aromatic N) is 5. The number of fused-ring (bicyclic) bond motifs is 1. The van der Waals surface area contributed by atoms with E-state index in [-0.39, 0.29) is 5.41 Å². The van der Waals surface area contributed by atoms with Gasteiger partial charge in [0, 0.05) is 31.4 Å². The standard InChI is InChI=1S/C16H17ClN6O.C11H16.2CH2O/c1-18-12-3-2-11(17)10-14(12)23-13-4-5-19-16(15(13)20-21-23)22-6-8-24-9-7-22;1-9-5-7-10(8-6-9)11(2,3)4;2*1-2/h2-5,10,18H,6-9H2,1H3;5-8H,1-4H3;2*1H2. The number of anilines is 2. The molecule has 208 valence electrons. The Balaban J connectivity index is 0.000000300. The van der Waals surface area contributed by atoms with Crippen molar-refractivity contribution in [3.05, 3.63) is 70.9 Å². The molecule has 0 spiro atoms. The number of nitrogens with one attached hydrogen (secondary N) is 1. The highest BCUT2D eigenvalue weighted by molar-refractivity contribution is 6.30. The number of hydrogen-bond donors (Lipinski definition) is 1. The summed E-state index contributed by atoms with van der Waals surface area (Å²) < 4.78 is 7.21. The Kier molecular flexibility index (Phi) is 12.0. The van der Waals surface area contributed by atoms with Crippen LogP contribution in [-0.4, -0.2) is 66.9 Å². The molecule has 0 unspecified atom stereocenters. The molecule has 1 saturated heterocycles. The Morgan fingerprint density at radius 1 is 0.974 bits per heavy atom. The van der Waals surface area contributed by atoms with Crippen LogP contribution < -0.4 is 10.2 Å². The third-order valence-electron chi connectivity index (χ3n) is 6.03. The first-order valence-electron chi connectivity index (χ1n) is 12.4. The lowest BCUT2D eigenvalue weighted by Crippen LogP contribution is -2.36. The van der Waals surface area contributed by atoms with Crippen LogP contribution in [0.25, 0.3) is 16.7 Å². The minimum atomic E-state index is 0.285. The summed E-state index contributed by atoms with van der Waals surface area (Å²) in [5.41, 5.74) is 6.48. The van der Waals surface area contributed by atoms with Gasteiger partial charge in [0.1, 0.15) is 19.1 Å². The van der Waals surface area contributed by atoms with Gasteiger partial charge in [0.05, 0.1) is 24.6 Å². The Morgan fingerprint density at radius 2 is 1.62 bits per heavy atom. The average Bonchev–Trinajstić information content (AvgIpc) is 3.40. The van der Waals surface area contributed by atoms with Gasteiger partial charge in [-0.1, -0.05) is 67.4 Å². The largest absolute Gasteiger partial charge is 0.386 e. The summed E-state index contributed by atoms with van der Waals surface area (Å²) in [6, 6.07) is 16.3. The van der Waals surface area contributed by atoms with Gasteiger partial charge in [-0.3, -0.25) is 0 Å². The number of hydrogen-bond acceptors (Lipinski definition) is 8. The molecule has 2 aromatic carbocycles. The molecule has 1 N–H and O–H groups in total. The summed E-state index contributed by atoms with van der Waals surface area (Å²) in [6.07, 6.45) is 1.79. The van der Waals surface area contributed by atoms with E-state index >= 15 is 0 Å². The Labute approximate surface area is 235 Å². The van der Waals surface area contributed by atoms with Crippen molar-refractivity contribution in [3.8, 4) is 5.69 Å². The fourth-order valence-electron chi connectivity index (χ4n) is 3.97. The van der Waals surface area contributed by atoms with E-state index < -0.39 is 0 Å². The highest BCUT2D eigenvalue weighted by Gasteiger charge is 2.19. The lowest BCUT2D eigenvalue weighted by Gasteiger charge is -2.27. The van der Waals surface area contributed by atoms with Crippen LogP contribution in [0.2, 0.25) is 5.02 Å². The number of morpholine rings is 1. The number of benzene rings is 2. The van der Waals surface area contributed by atoms with Crippen LogP contribution in [-0.2, 0) is 19.7 Å². The van der Waals surface area contributed by atoms with Crippen molar-refractivity contribution < 1.29 is 14.3 Å². The van der Waals surface area contributed by atoms with E-state index in [1.165, 1.54) is 11.1 Å². The summed E-state index contributed by atoms with van der Waals surface area (Å²) in [4.78, 5) is 22.7. The zero-order valence-electron chi connectivity index (χ0n) is 23.3. The lowest BCUT2D eigenvalue weighted by molar-refractivity contribution is -0.0987. The molecule has 9 nitrogen and oxygen atoms in total. The minimum Gasteiger partial charge on any atom is -0.386 e. The molecular formula is C29H37ClN6O3. The van der Waals surface area contributed by atoms with Gasteiger partial charge in [-0.2, -0.15) is 0 Å². The second kappa shape index (κ2) is 14.9. The Bertz CT molecular complexity index is 1310. The molecule has 0 radical (unpaired) electrons. The maximum Gasteiger partial charge on any atom is 0.158 e. The number of aryl methyl sites for hydroxylation is 1. The van der Waals surface area contributed by atoms with E-state index in [9.17, 15) is 0 Å². The summed E-state index contributed by atoms with van der Waals surface area (Å²) >= 11 is 6.17. The maximum absolute atomic E-state index is 8.00. The summed E-state index contributed by atoms with van der Waals surface area (Å²) in [6.45, 7) is 15.8. The van der Waals surface area contributed by atoms with Gasteiger partial charge in [0.2, 0.25) is 0 Å². The molecule has 4 aromatic rings. The first-order valence-corrected chi connectivity index (χ1v) is 12.8. The third-order valence-corrected chi connectivity index (χ3v) is 6.27. The number of rotatable bonds is 3. The predicted molar refractivity (Wildman–Crippen MR) is 158 cm³/mol. The number of ether oxygens (including phenoxy) is 1. The van der Waals surface area contributed by atoms with E-state index in [1.54, 1.807) is 10.9 Å². The van der Waals surface area contributed by atoms with E-state index in [0.717, 1.165) is 41.3 Å². The van der Waals surface area contributed by atoms with E-state index in [1.807, 2.05) is 44.9 Å². The molecule has 1 aliphatic rings. The highest BCUT2D eigenvalue weighted by Crippen LogP contribution is 2.29. The molecule has 0 atom stereocenters. The fourth-order valence-corrected chi connectivity index (χ4v) is 4.13. The number of halogens is 1. The van der Waals surface area contributed by atoms with E-state index in [0.29, 0.717) is 18.2 Å². The number of carbonyl (C=O) groups is 2. The number of pyridine rings is 1. The monoisotopic (exact) mass is 552 g/mol. The van der Waals surface area contributed by atoms with Gasteiger partial charge in [-0.05, 0) is 42.2 Å². The number of carbonyl (C=O) groups excluding carboxylic acids is 2. The van der Waals surface area contributed by atoms with Crippen molar-refractivity contribution >= 4 is 47.7 Å². The third kappa shape index (κ3) is 8.08. The van der Waals surface area contributed by atoms with Crippen LogP contribution in [0.3, 0.4) is 0 Å². The van der Waals surface area contributed by atoms with Crippen LogP contribution in [0.5, 0.6) is 0 Å². The van der Waals surface area contributed by atoms with Crippen LogP contribution in [0.15, 0.2) is 54.7 Å². The van der Waals surface area contributed by atoms with Crippen LogP contribution in [0.1, 0.15) is 31.9 Å². The first-order chi connectivity index (χ1) is 18.8. The molecule has 39 heavy (non-hydrogen) atoms. The van der Waals surface area contributed by atoms with Crippen molar-refractivity contribution in [1.29, 1.82) is 0 Å². The van der Waals surface area contributed by atoms with Gasteiger partial charge < -0.3 is 24.5 Å². The molecule has 10 heteroatoms. The van der Waals surface area contributed by atoms with Crippen molar-refractivity contribution in [2.75, 3.05) is 43.6 Å². The van der Waals surface area contributed by atoms with Crippen molar-refractivity contribution in [2.24, 2.45) is 0 Å². The average molecular weight is 553 g/mol. The van der Waals surface area contributed by atoms with Gasteiger partial charge in [-0.15, -0.1) is 5.10 Å². The van der Waals surface area contributed by atoms with Crippen LogP contribution in [0.4, 0.5) is 11.5 Å². The normalized spacial score (nSPS) is 12.7. The minimum absolute atomic E-state index is 0.285. The van der Waals surface area contributed by atoms with E-state index in [2.05, 4.69) is 77.5 Å². The molecular weight excluding hydrogens is 516 g/mol. The molecule has 1 fully saturated rings. The van der Waals surface area contributed by atoms with Crippen LogP contribution >= 0.6 is 11.6 Å². The summed E-state index contributed by atoms with van der Waals surface area (Å²) in [5.74, 6) is 0.843. The van der Waals surface area contributed by atoms with Gasteiger partial charge >= 0.3 is 0 Å². The fraction of sp³-hybridized carbons (Fsp3) is 0.345. The lowest BCUT2D eigenvalue weighted by atomic mass is 9.87. The second-order valence-electron chi connectivity index (χ2n) is 9.63. The first kappa shape index (κ1) is 31.4. The Hall–Kier alpha value is -3.82. The molecule has 2 aromatic heterocycles.